The van der Waals surface area contributed by atoms with E-state index in [1.165, 1.54) is 0 Å². The molecule has 2 fully saturated rings. The first-order chi connectivity index (χ1) is 14.2. The number of carbonyl (C=O) groups is 1. The van der Waals surface area contributed by atoms with Crippen LogP contribution in [0.4, 0.5) is 0 Å². The standard InChI is InChI=1S/C23H37N3O3S/c1-18-14-19(2)17-25(16-18)30(28,29)22-11-7-8-20(15-22)23(27)26(13-12-24(3)4)21-9-5-6-10-21/h7-8,11,15,18-19,21H,5-6,9-10,12-14,16-17H2,1-4H3. The number of benzene rings is 1. The highest BCUT2D eigenvalue weighted by atomic mass is 32.2. The van der Waals surface area contributed by atoms with Crippen molar-refractivity contribution in [1.82, 2.24) is 14.1 Å². The predicted octanol–water partition coefficient (Wildman–Crippen LogP) is 3.30. The van der Waals surface area contributed by atoms with Crippen molar-refractivity contribution in [1.29, 1.82) is 0 Å². The summed E-state index contributed by atoms with van der Waals surface area (Å²) in [7, 11) is 0.410. The molecule has 0 spiro atoms. The average molecular weight is 436 g/mol. The van der Waals surface area contributed by atoms with Gasteiger partial charge in [0.25, 0.3) is 5.91 Å². The SMILES string of the molecule is CC1CC(C)CN(S(=O)(=O)c2cccc(C(=O)N(CCN(C)C)C3CCCC3)c2)C1. The molecule has 0 radical (unpaired) electrons. The Bertz CT molecular complexity index is 824. The number of piperidine rings is 1. The van der Waals surface area contributed by atoms with Gasteiger partial charge in [-0.3, -0.25) is 4.79 Å². The van der Waals surface area contributed by atoms with Gasteiger partial charge in [0.15, 0.2) is 0 Å². The van der Waals surface area contributed by atoms with Gasteiger partial charge in [0.1, 0.15) is 0 Å². The predicted molar refractivity (Wildman–Crippen MR) is 120 cm³/mol. The third kappa shape index (κ3) is 5.42. The lowest BCUT2D eigenvalue weighted by Gasteiger charge is -2.34. The lowest BCUT2D eigenvalue weighted by Crippen LogP contribution is -2.43. The molecule has 2 atom stereocenters. The Balaban J connectivity index is 1.84. The molecule has 6 nitrogen and oxygen atoms in total. The van der Waals surface area contributed by atoms with Gasteiger partial charge in [-0.2, -0.15) is 4.31 Å². The van der Waals surface area contributed by atoms with Crippen LogP contribution in [-0.4, -0.2) is 74.7 Å². The Hall–Kier alpha value is -1.44. The molecule has 7 heteroatoms. The van der Waals surface area contributed by atoms with Gasteiger partial charge in [0, 0.05) is 37.8 Å². The second kappa shape index (κ2) is 9.79. The van der Waals surface area contributed by atoms with Crippen LogP contribution >= 0.6 is 0 Å². The van der Waals surface area contributed by atoms with E-state index in [0.29, 0.717) is 37.0 Å². The molecule has 1 aromatic rings. The second-order valence-corrected chi connectivity index (χ2v) is 11.5. The van der Waals surface area contributed by atoms with Crippen molar-refractivity contribution in [2.45, 2.75) is 56.9 Å². The quantitative estimate of drug-likeness (QED) is 0.659. The van der Waals surface area contributed by atoms with Crippen LogP contribution < -0.4 is 0 Å². The third-order valence-electron chi connectivity index (χ3n) is 6.37. The van der Waals surface area contributed by atoms with Crippen molar-refractivity contribution >= 4 is 15.9 Å². The smallest absolute Gasteiger partial charge is 0.254 e. The molecule has 1 saturated heterocycles. The van der Waals surface area contributed by atoms with E-state index >= 15 is 0 Å². The minimum Gasteiger partial charge on any atom is -0.334 e. The van der Waals surface area contributed by atoms with Gasteiger partial charge in [-0.1, -0.05) is 32.8 Å². The van der Waals surface area contributed by atoms with Crippen LogP contribution in [-0.2, 0) is 10.0 Å². The summed E-state index contributed by atoms with van der Waals surface area (Å²) < 4.78 is 28.2. The van der Waals surface area contributed by atoms with Crippen LogP contribution in [0.25, 0.3) is 0 Å². The summed E-state index contributed by atoms with van der Waals surface area (Å²) in [5, 5.41) is 0. The maximum atomic E-state index is 13.4. The molecule has 1 saturated carbocycles. The van der Waals surface area contributed by atoms with Crippen molar-refractivity contribution in [3.63, 3.8) is 0 Å². The molecule has 2 unspecified atom stereocenters. The topological polar surface area (TPSA) is 60.9 Å². The van der Waals surface area contributed by atoms with Crippen LogP contribution in [0.1, 0.15) is 56.3 Å². The molecular formula is C23H37N3O3S. The van der Waals surface area contributed by atoms with Gasteiger partial charge in [0.2, 0.25) is 10.0 Å². The van der Waals surface area contributed by atoms with Crippen molar-refractivity contribution in [3.8, 4) is 0 Å². The van der Waals surface area contributed by atoms with Gasteiger partial charge < -0.3 is 9.80 Å². The normalized spacial score (nSPS) is 23.8. The Morgan fingerprint density at radius 3 is 2.30 bits per heavy atom. The molecule has 168 valence electrons. The van der Waals surface area contributed by atoms with Crippen LogP contribution in [0.3, 0.4) is 0 Å². The van der Waals surface area contributed by atoms with E-state index < -0.39 is 10.0 Å². The Morgan fingerprint density at radius 2 is 1.70 bits per heavy atom. The molecule has 3 rings (SSSR count). The zero-order chi connectivity index (χ0) is 21.9. The van der Waals surface area contributed by atoms with Gasteiger partial charge in [-0.15, -0.1) is 0 Å². The van der Waals surface area contributed by atoms with Crippen molar-refractivity contribution < 1.29 is 13.2 Å². The van der Waals surface area contributed by atoms with Crippen LogP contribution in [0.5, 0.6) is 0 Å². The van der Waals surface area contributed by atoms with Crippen LogP contribution in [0.2, 0.25) is 0 Å². The molecule has 1 aliphatic carbocycles. The van der Waals surface area contributed by atoms with E-state index in [1.807, 2.05) is 19.0 Å². The van der Waals surface area contributed by atoms with Gasteiger partial charge in [-0.05, 0) is 63.4 Å². The number of hydrogen-bond acceptors (Lipinski definition) is 4. The van der Waals surface area contributed by atoms with Gasteiger partial charge >= 0.3 is 0 Å². The Labute approximate surface area is 182 Å². The van der Waals surface area contributed by atoms with Gasteiger partial charge in [-0.25, -0.2) is 8.42 Å². The number of sulfonamides is 1. The summed E-state index contributed by atoms with van der Waals surface area (Å²) in [6, 6.07) is 6.91. The average Bonchev–Trinajstić information content (AvgIpc) is 3.21. The molecule has 1 heterocycles. The first-order valence-corrected chi connectivity index (χ1v) is 12.7. The minimum atomic E-state index is -3.60. The molecule has 30 heavy (non-hydrogen) atoms. The van der Waals surface area contributed by atoms with Crippen molar-refractivity contribution in [2.75, 3.05) is 40.3 Å². The van der Waals surface area contributed by atoms with Crippen LogP contribution in [0.15, 0.2) is 29.2 Å². The number of amides is 1. The van der Waals surface area contributed by atoms with E-state index in [2.05, 4.69) is 18.7 Å². The van der Waals surface area contributed by atoms with E-state index in [0.717, 1.165) is 38.6 Å². The highest BCUT2D eigenvalue weighted by Gasteiger charge is 2.33. The highest BCUT2D eigenvalue weighted by molar-refractivity contribution is 7.89. The first-order valence-electron chi connectivity index (χ1n) is 11.2. The zero-order valence-electron chi connectivity index (χ0n) is 18.9. The third-order valence-corrected chi connectivity index (χ3v) is 8.20. The van der Waals surface area contributed by atoms with E-state index in [-0.39, 0.29) is 16.8 Å². The molecule has 0 bridgehead atoms. The fourth-order valence-corrected chi connectivity index (χ4v) is 6.61. The summed E-state index contributed by atoms with van der Waals surface area (Å²) in [5.41, 5.74) is 0.472. The lowest BCUT2D eigenvalue weighted by molar-refractivity contribution is 0.0667. The molecule has 0 N–H and O–H groups in total. The van der Waals surface area contributed by atoms with Gasteiger partial charge in [0.05, 0.1) is 4.90 Å². The molecule has 2 aliphatic rings. The maximum Gasteiger partial charge on any atom is 0.254 e. The zero-order valence-corrected chi connectivity index (χ0v) is 19.7. The second-order valence-electron chi connectivity index (χ2n) is 9.54. The minimum absolute atomic E-state index is 0.0545. The molecule has 1 amide bonds. The highest BCUT2D eigenvalue weighted by Crippen LogP contribution is 2.28. The van der Waals surface area contributed by atoms with Crippen LogP contribution in [0, 0.1) is 11.8 Å². The summed E-state index contributed by atoms with van der Waals surface area (Å²) >= 11 is 0. The largest absolute Gasteiger partial charge is 0.334 e. The van der Waals surface area contributed by atoms with Crippen molar-refractivity contribution in [3.05, 3.63) is 29.8 Å². The fourth-order valence-electron chi connectivity index (χ4n) is 4.88. The number of rotatable bonds is 7. The number of hydrogen-bond donors (Lipinski definition) is 0. The maximum absolute atomic E-state index is 13.4. The lowest BCUT2D eigenvalue weighted by atomic mass is 9.94. The molecular weight excluding hydrogens is 398 g/mol. The van der Waals surface area contributed by atoms with E-state index in [1.54, 1.807) is 28.6 Å². The van der Waals surface area contributed by atoms with E-state index in [4.69, 9.17) is 0 Å². The molecule has 1 aromatic carbocycles. The molecule has 0 aromatic heterocycles. The number of nitrogens with zero attached hydrogens (tertiary/aromatic N) is 3. The van der Waals surface area contributed by atoms with E-state index in [9.17, 15) is 13.2 Å². The summed E-state index contributed by atoms with van der Waals surface area (Å²) in [6.45, 7) is 6.74. The summed E-state index contributed by atoms with van der Waals surface area (Å²) in [5.74, 6) is 0.635. The Kier molecular flexibility index (Phi) is 7.58. The summed E-state index contributed by atoms with van der Waals surface area (Å²) in [6.07, 6.45) is 5.40. The number of likely N-dealkylation sites (N-methyl/N-ethyl adjacent to an activating group) is 1. The molecule has 1 aliphatic heterocycles. The number of carbonyl (C=O) groups excluding carboxylic acids is 1. The fraction of sp³-hybridized carbons (Fsp3) is 0.696. The summed E-state index contributed by atoms with van der Waals surface area (Å²) in [4.78, 5) is 17.7. The first kappa shape index (κ1) is 23.2. The monoisotopic (exact) mass is 435 g/mol. The Morgan fingerprint density at radius 1 is 1.07 bits per heavy atom. The van der Waals surface area contributed by atoms with Crippen molar-refractivity contribution in [2.24, 2.45) is 11.8 Å².